The Balaban J connectivity index is 1.71. The summed E-state index contributed by atoms with van der Waals surface area (Å²) >= 11 is 2.10. The molecule has 1 aromatic rings. The normalized spacial score (nSPS) is 26.2. The van der Waals surface area contributed by atoms with E-state index in [-0.39, 0.29) is 0 Å². The number of thioether (sulfide) groups is 1. The van der Waals surface area contributed by atoms with Gasteiger partial charge in [0.2, 0.25) is 0 Å². The fourth-order valence-electron chi connectivity index (χ4n) is 2.43. The molecule has 2 N–H and O–H groups in total. The molecule has 1 aliphatic rings. The number of anilines is 1. The second kappa shape index (κ2) is 5.78. The Labute approximate surface area is 108 Å². The molecule has 2 unspecified atom stereocenters. The van der Waals surface area contributed by atoms with Gasteiger partial charge in [-0.15, -0.1) is 0 Å². The first-order valence-electron chi connectivity index (χ1n) is 6.30. The van der Waals surface area contributed by atoms with Crippen LogP contribution < -0.4 is 5.73 Å². The van der Waals surface area contributed by atoms with Gasteiger partial charge in [0, 0.05) is 36.3 Å². The smallest absolute Gasteiger partial charge is 0.145 e. The Morgan fingerprint density at radius 2 is 2.06 bits per heavy atom. The lowest BCUT2D eigenvalue weighted by molar-refractivity contribution is 0.261. The van der Waals surface area contributed by atoms with E-state index in [9.17, 15) is 0 Å². The summed E-state index contributed by atoms with van der Waals surface area (Å²) in [6.45, 7) is 9.20. The summed E-state index contributed by atoms with van der Waals surface area (Å²) < 4.78 is 1.93. The third kappa shape index (κ3) is 3.92. The SMILES string of the molecule is CC1CN(CCCn2ccc(N)n2)CC(C)S1. The molecule has 0 radical (unpaired) electrons. The summed E-state index contributed by atoms with van der Waals surface area (Å²) in [7, 11) is 0. The fraction of sp³-hybridized carbons (Fsp3) is 0.750. The first kappa shape index (κ1) is 12.8. The molecular formula is C12H22N4S. The van der Waals surface area contributed by atoms with Crippen molar-refractivity contribution in [2.75, 3.05) is 25.4 Å². The molecule has 0 bridgehead atoms. The summed E-state index contributed by atoms with van der Waals surface area (Å²) in [5, 5.41) is 5.72. The van der Waals surface area contributed by atoms with Crippen LogP contribution in [0.25, 0.3) is 0 Å². The van der Waals surface area contributed by atoms with Crippen molar-refractivity contribution < 1.29 is 0 Å². The molecule has 1 aliphatic heterocycles. The lowest BCUT2D eigenvalue weighted by atomic mass is 10.3. The van der Waals surface area contributed by atoms with Gasteiger partial charge in [0.25, 0.3) is 0 Å². The molecule has 4 nitrogen and oxygen atoms in total. The monoisotopic (exact) mass is 254 g/mol. The molecule has 0 aliphatic carbocycles. The van der Waals surface area contributed by atoms with Crippen molar-refractivity contribution in [1.82, 2.24) is 14.7 Å². The summed E-state index contributed by atoms with van der Waals surface area (Å²) in [5.74, 6) is 0.613. The fourth-order valence-corrected chi connectivity index (χ4v) is 3.81. The third-order valence-corrected chi connectivity index (χ3v) is 4.25. The highest BCUT2D eigenvalue weighted by Crippen LogP contribution is 2.24. The zero-order valence-electron chi connectivity index (χ0n) is 10.7. The van der Waals surface area contributed by atoms with E-state index in [0.29, 0.717) is 5.82 Å². The molecule has 0 spiro atoms. The van der Waals surface area contributed by atoms with Crippen molar-refractivity contribution in [2.45, 2.75) is 37.3 Å². The summed E-state index contributed by atoms with van der Waals surface area (Å²) in [6, 6.07) is 1.85. The van der Waals surface area contributed by atoms with Gasteiger partial charge < -0.3 is 10.6 Å². The minimum absolute atomic E-state index is 0.613. The van der Waals surface area contributed by atoms with Gasteiger partial charge in [-0.25, -0.2) is 0 Å². The van der Waals surface area contributed by atoms with Gasteiger partial charge in [-0.2, -0.15) is 16.9 Å². The van der Waals surface area contributed by atoms with Gasteiger partial charge in [0.1, 0.15) is 5.82 Å². The Morgan fingerprint density at radius 1 is 1.35 bits per heavy atom. The molecular weight excluding hydrogens is 232 g/mol. The quantitative estimate of drug-likeness (QED) is 0.888. The van der Waals surface area contributed by atoms with Crippen LogP contribution in [-0.4, -0.2) is 44.8 Å². The topological polar surface area (TPSA) is 47.1 Å². The second-order valence-electron chi connectivity index (χ2n) is 4.87. The number of aryl methyl sites for hydroxylation is 1. The number of nitrogens with two attached hydrogens (primary N) is 1. The van der Waals surface area contributed by atoms with E-state index >= 15 is 0 Å². The van der Waals surface area contributed by atoms with Crippen LogP contribution in [-0.2, 0) is 6.54 Å². The molecule has 5 heteroatoms. The molecule has 0 amide bonds. The predicted octanol–water partition coefficient (Wildman–Crippen LogP) is 1.68. The van der Waals surface area contributed by atoms with Crippen molar-refractivity contribution in [2.24, 2.45) is 0 Å². The van der Waals surface area contributed by atoms with Gasteiger partial charge in [0.05, 0.1) is 0 Å². The molecule has 17 heavy (non-hydrogen) atoms. The van der Waals surface area contributed by atoms with Crippen molar-refractivity contribution in [3.63, 3.8) is 0 Å². The van der Waals surface area contributed by atoms with Gasteiger partial charge in [0.15, 0.2) is 0 Å². The number of hydrogen-bond donors (Lipinski definition) is 1. The minimum Gasteiger partial charge on any atom is -0.382 e. The highest BCUT2D eigenvalue weighted by atomic mass is 32.2. The van der Waals surface area contributed by atoms with E-state index in [1.165, 1.54) is 13.1 Å². The van der Waals surface area contributed by atoms with E-state index in [2.05, 4.69) is 35.6 Å². The van der Waals surface area contributed by atoms with E-state index in [1.54, 1.807) is 0 Å². The lowest BCUT2D eigenvalue weighted by Crippen LogP contribution is -2.41. The number of nitrogens with zero attached hydrogens (tertiary/aromatic N) is 3. The van der Waals surface area contributed by atoms with Crippen LogP contribution >= 0.6 is 11.8 Å². The lowest BCUT2D eigenvalue weighted by Gasteiger charge is -2.34. The summed E-state index contributed by atoms with van der Waals surface area (Å²) in [5.41, 5.74) is 5.58. The van der Waals surface area contributed by atoms with E-state index in [1.807, 2.05) is 16.9 Å². The Hall–Kier alpha value is -0.680. The number of aromatic nitrogens is 2. The molecule has 1 aromatic heterocycles. The average molecular weight is 254 g/mol. The average Bonchev–Trinajstić information content (AvgIpc) is 2.63. The van der Waals surface area contributed by atoms with Crippen molar-refractivity contribution in [3.05, 3.63) is 12.3 Å². The second-order valence-corrected chi connectivity index (χ2v) is 6.76. The largest absolute Gasteiger partial charge is 0.382 e. The van der Waals surface area contributed by atoms with E-state index < -0.39 is 0 Å². The van der Waals surface area contributed by atoms with E-state index in [0.717, 1.165) is 30.0 Å². The van der Waals surface area contributed by atoms with Gasteiger partial charge in [-0.1, -0.05) is 13.8 Å². The molecule has 0 saturated carbocycles. The van der Waals surface area contributed by atoms with Crippen molar-refractivity contribution in [3.8, 4) is 0 Å². The molecule has 2 rings (SSSR count). The first-order valence-corrected chi connectivity index (χ1v) is 7.24. The number of hydrogen-bond acceptors (Lipinski definition) is 4. The number of rotatable bonds is 4. The van der Waals surface area contributed by atoms with Crippen molar-refractivity contribution >= 4 is 17.6 Å². The van der Waals surface area contributed by atoms with Crippen LogP contribution in [0.15, 0.2) is 12.3 Å². The predicted molar refractivity (Wildman–Crippen MR) is 74.2 cm³/mol. The Kier molecular flexibility index (Phi) is 4.34. The molecule has 1 saturated heterocycles. The standard InChI is InChI=1S/C12H22N4S/c1-10-8-15(9-11(2)17-10)5-3-6-16-7-4-12(13)14-16/h4,7,10-11H,3,5-6,8-9H2,1-2H3,(H2,13,14). The van der Waals surface area contributed by atoms with Crippen molar-refractivity contribution in [1.29, 1.82) is 0 Å². The molecule has 2 atom stereocenters. The first-order chi connectivity index (χ1) is 8.13. The highest BCUT2D eigenvalue weighted by molar-refractivity contribution is 8.00. The van der Waals surface area contributed by atoms with Gasteiger partial charge >= 0.3 is 0 Å². The van der Waals surface area contributed by atoms with Crippen LogP contribution in [0.2, 0.25) is 0 Å². The van der Waals surface area contributed by atoms with Crippen LogP contribution in [0.3, 0.4) is 0 Å². The summed E-state index contributed by atoms with van der Waals surface area (Å²) in [6.07, 6.45) is 3.10. The zero-order chi connectivity index (χ0) is 12.3. The number of nitrogen functional groups attached to an aromatic ring is 1. The van der Waals surface area contributed by atoms with Gasteiger partial charge in [-0.05, 0) is 19.0 Å². The minimum atomic E-state index is 0.613. The zero-order valence-corrected chi connectivity index (χ0v) is 11.5. The maximum absolute atomic E-state index is 5.58. The Bertz CT molecular complexity index is 342. The highest BCUT2D eigenvalue weighted by Gasteiger charge is 2.21. The van der Waals surface area contributed by atoms with Gasteiger partial charge in [-0.3, -0.25) is 4.68 Å². The third-order valence-electron chi connectivity index (χ3n) is 3.02. The van der Waals surface area contributed by atoms with Crippen LogP contribution in [0.5, 0.6) is 0 Å². The summed E-state index contributed by atoms with van der Waals surface area (Å²) in [4.78, 5) is 2.57. The molecule has 1 fully saturated rings. The molecule has 2 heterocycles. The van der Waals surface area contributed by atoms with E-state index in [4.69, 9.17) is 5.73 Å². The van der Waals surface area contributed by atoms with Crippen LogP contribution in [0.1, 0.15) is 20.3 Å². The molecule has 0 aromatic carbocycles. The maximum Gasteiger partial charge on any atom is 0.145 e. The maximum atomic E-state index is 5.58. The van der Waals surface area contributed by atoms with Crippen LogP contribution in [0.4, 0.5) is 5.82 Å². The molecule has 96 valence electrons. The van der Waals surface area contributed by atoms with Crippen LogP contribution in [0, 0.1) is 0 Å². The Morgan fingerprint density at radius 3 is 2.65 bits per heavy atom.